The van der Waals surface area contributed by atoms with E-state index in [0.717, 1.165) is 5.92 Å². The van der Waals surface area contributed by atoms with Crippen molar-refractivity contribution in [3.63, 3.8) is 0 Å². The van der Waals surface area contributed by atoms with Gasteiger partial charge in [-0.3, -0.25) is 11.3 Å². The minimum atomic E-state index is 0.243. The summed E-state index contributed by atoms with van der Waals surface area (Å²) < 4.78 is 0. The highest BCUT2D eigenvalue weighted by Crippen LogP contribution is 2.71. The van der Waals surface area contributed by atoms with Crippen molar-refractivity contribution in [3.8, 4) is 0 Å². The molecule has 2 nitrogen and oxygen atoms in total. The third-order valence-electron chi connectivity index (χ3n) is 6.31. The van der Waals surface area contributed by atoms with Crippen LogP contribution in [0.1, 0.15) is 73.1 Å². The van der Waals surface area contributed by atoms with E-state index in [9.17, 15) is 0 Å². The monoisotopic (exact) mass is 264 g/mol. The Labute approximate surface area is 118 Å². The van der Waals surface area contributed by atoms with E-state index in [2.05, 4.69) is 40.0 Å². The third-order valence-corrected chi connectivity index (χ3v) is 6.31. The fourth-order valence-electron chi connectivity index (χ4n) is 7.20. The molecule has 0 aromatic carbocycles. The van der Waals surface area contributed by atoms with Gasteiger partial charge in [-0.2, -0.15) is 0 Å². The Balaban J connectivity index is 2.00. The second-order valence-electron chi connectivity index (χ2n) is 9.96. The lowest BCUT2D eigenvalue weighted by atomic mass is 9.38. The first-order valence-corrected chi connectivity index (χ1v) is 8.06. The van der Waals surface area contributed by atoms with Crippen LogP contribution in [-0.4, -0.2) is 6.04 Å². The summed E-state index contributed by atoms with van der Waals surface area (Å²) in [5.74, 6) is 6.97. The first-order valence-electron chi connectivity index (χ1n) is 8.06. The summed E-state index contributed by atoms with van der Waals surface area (Å²) in [6.07, 6.45) is 8.55. The van der Waals surface area contributed by atoms with Crippen LogP contribution >= 0.6 is 0 Å². The van der Waals surface area contributed by atoms with Gasteiger partial charge in [0, 0.05) is 6.04 Å². The highest BCUT2D eigenvalue weighted by atomic mass is 15.2. The van der Waals surface area contributed by atoms with Crippen LogP contribution in [-0.2, 0) is 0 Å². The molecule has 0 spiro atoms. The lowest BCUT2D eigenvalue weighted by Crippen LogP contribution is -2.65. The maximum Gasteiger partial charge on any atom is 0.0315 e. The Morgan fingerprint density at radius 3 is 1.89 bits per heavy atom. The van der Waals surface area contributed by atoms with Gasteiger partial charge in [0.25, 0.3) is 0 Å². The summed E-state index contributed by atoms with van der Waals surface area (Å²) in [7, 11) is 0. The Bertz CT molecular complexity index is 363. The normalized spacial score (nSPS) is 50.5. The van der Waals surface area contributed by atoms with Crippen LogP contribution in [0, 0.1) is 27.6 Å². The fourth-order valence-corrected chi connectivity index (χ4v) is 7.20. The number of hydrazine groups is 1. The van der Waals surface area contributed by atoms with Gasteiger partial charge in [-0.05, 0) is 66.1 Å². The standard InChI is InChI=1S/C17H32N2/c1-14(2,3)13(19-18)17-8-12-6-15(4,10-17)9-16(5,7-12)11-17/h12-13,19H,6-11,18H2,1-5H3. The van der Waals surface area contributed by atoms with Gasteiger partial charge < -0.3 is 0 Å². The second-order valence-corrected chi connectivity index (χ2v) is 9.96. The Morgan fingerprint density at radius 1 is 1.00 bits per heavy atom. The van der Waals surface area contributed by atoms with E-state index in [-0.39, 0.29) is 5.41 Å². The number of hydrogen-bond acceptors (Lipinski definition) is 2. The molecule has 3 unspecified atom stereocenters. The van der Waals surface area contributed by atoms with E-state index in [0.29, 0.717) is 22.3 Å². The SMILES string of the molecule is CC12CC3CC(C)(C1)CC(C(NN)C(C)(C)C)(C3)C2. The molecule has 0 amide bonds. The van der Waals surface area contributed by atoms with Crippen molar-refractivity contribution in [1.82, 2.24) is 5.43 Å². The van der Waals surface area contributed by atoms with E-state index in [1.165, 1.54) is 38.5 Å². The molecule has 0 radical (unpaired) electrons. The van der Waals surface area contributed by atoms with Gasteiger partial charge in [0.15, 0.2) is 0 Å². The first-order chi connectivity index (χ1) is 8.60. The van der Waals surface area contributed by atoms with Gasteiger partial charge >= 0.3 is 0 Å². The summed E-state index contributed by atoms with van der Waals surface area (Å²) in [5.41, 5.74) is 5.07. The molecule has 19 heavy (non-hydrogen) atoms. The molecule has 0 aromatic rings. The average molecular weight is 264 g/mol. The zero-order valence-electron chi connectivity index (χ0n) is 13.5. The number of rotatable bonds is 2. The molecule has 4 rings (SSSR count). The number of hydrogen-bond donors (Lipinski definition) is 2. The van der Waals surface area contributed by atoms with Crippen molar-refractivity contribution in [3.05, 3.63) is 0 Å². The zero-order valence-corrected chi connectivity index (χ0v) is 13.5. The molecule has 4 aliphatic carbocycles. The van der Waals surface area contributed by atoms with Crippen LogP contribution in [0.4, 0.5) is 0 Å². The lowest BCUT2D eigenvalue weighted by Gasteiger charge is -2.68. The summed E-state index contributed by atoms with van der Waals surface area (Å²) in [4.78, 5) is 0. The quantitative estimate of drug-likeness (QED) is 0.587. The molecule has 3 atom stereocenters. The summed E-state index contributed by atoms with van der Waals surface area (Å²) >= 11 is 0. The molecule has 4 fully saturated rings. The topological polar surface area (TPSA) is 38.0 Å². The third kappa shape index (κ3) is 2.06. The highest BCUT2D eigenvalue weighted by Gasteiger charge is 2.63. The molecule has 4 bridgehead atoms. The van der Waals surface area contributed by atoms with Gasteiger partial charge in [0.05, 0.1) is 0 Å². The highest BCUT2D eigenvalue weighted by molar-refractivity contribution is 5.14. The largest absolute Gasteiger partial charge is 0.271 e. The average Bonchev–Trinajstić information content (AvgIpc) is 2.07. The molecule has 4 aliphatic rings. The molecule has 4 saturated carbocycles. The van der Waals surface area contributed by atoms with Gasteiger partial charge in [-0.25, -0.2) is 0 Å². The van der Waals surface area contributed by atoms with Crippen LogP contribution in [0.3, 0.4) is 0 Å². The summed E-state index contributed by atoms with van der Waals surface area (Å²) in [6.45, 7) is 12.1. The van der Waals surface area contributed by atoms with Gasteiger partial charge in [0.2, 0.25) is 0 Å². The van der Waals surface area contributed by atoms with E-state index in [1.807, 2.05) is 0 Å². The van der Waals surface area contributed by atoms with Crippen molar-refractivity contribution in [2.24, 2.45) is 33.4 Å². The van der Waals surface area contributed by atoms with Crippen molar-refractivity contribution >= 4 is 0 Å². The molecule has 0 heterocycles. The summed E-state index contributed by atoms with van der Waals surface area (Å²) in [5, 5.41) is 0. The number of nitrogens with two attached hydrogens (primary N) is 1. The smallest absolute Gasteiger partial charge is 0.0315 e. The number of nitrogens with one attached hydrogen (secondary N) is 1. The van der Waals surface area contributed by atoms with Gasteiger partial charge in [-0.1, -0.05) is 34.6 Å². The molecule has 3 N–H and O–H groups in total. The zero-order chi connectivity index (χ0) is 14.1. The maximum atomic E-state index is 6.02. The fraction of sp³-hybridized carbons (Fsp3) is 1.00. The molecular formula is C17H32N2. The Kier molecular flexibility index (Phi) is 2.75. The molecule has 2 heteroatoms. The van der Waals surface area contributed by atoms with Gasteiger partial charge in [0.1, 0.15) is 0 Å². The van der Waals surface area contributed by atoms with Crippen LogP contribution in [0.2, 0.25) is 0 Å². The summed E-state index contributed by atoms with van der Waals surface area (Å²) in [6, 6.07) is 0.446. The maximum absolute atomic E-state index is 6.02. The molecule has 0 aromatic heterocycles. The van der Waals surface area contributed by atoms with Crippen molar-refractivity contribution in [2.75, 3.05) is 0 Å². The van der Waals surface area contributed by atoms with Crippen molar-refractivity contribution < 1.29 is 0 Å². The van der Waals surface area contributed by atoms with E-state index >= 15 is 0 Å². The molecule has 0 saturated heterocycles. The molecular weight excluding hydrogens is 232 g/mol. The predicted molar refractivity (Wildman–Crippen MR) is 80.4 cm³/mol. The minimum absolute atomic E-state index is 0.243. The van der Waals surface area contributed by atoms with Crippen LogP contribution in [0.5, 0.6) is 0 Å². The second kappa shape index (κ2) is 3.76. The van der Waals surface area contributed by atoms with Crippen LogP contribution < -0.4 is 11.3 Å². The molecule has 110 valence electrons. The predicted octanol–water partition coefficient (Wildman–Crippen LogP) is 3.86. The van der Waals surface area contributed by atoms with E-state index < -0.39 is 0 Å². The van der Waals surface area contributed by atoms with Gasteiger partial charge in [-0.15, -0.1) is 0 Å². The van der Waals surface area contributed by atoms with Crippen molar-refractivity contribution in [2.45, 2.75) is 79.2 Å². The van der Waals surface area contributed by atoms with Crippen molar-refractivity contribution in [1.29, 1.82) is 0 Å². The molecule has 0 aliphatic heterocycles. The minimum Gasteiger partial charge on any atom is -0.271 e. The van der Waals surface area contributed by atoms with E-state index in [4.69, 9.17) is 5.84 Å². The Hall–Kier alpha value is -0.0800. The first kappa shape index (κ1) is 13.9. The lowest BCUT2D eigenvalue weighted by molar-refractivity contribution is -0.169. The Morgan fingerprint density at radius 2 is 1.53 bits per heavy atom. The van der Waals surface area contributed by atoms with E-state index in [1.54, 1.807) is 0 Å². The van der Waals surface area contributed by atoms with Crippen LogP contribution in [0.15, 0.2) is 0 Å². The van der Waals surface area contributed by atoms with Crippen LogP contribution in [0.25, 0.3) is 0 Å².